The number of anilines is 1. The van der Waals surface area contributed by atoms with Gasteiger partial charge in [0.05, 0.1) is 18.1 Å². The monoisotopic (exact) mass is 381 g/mol. The summed E-state index contributed by atoms with van der Waals surface area (Å²) in [6.45, 7) is 3.49. The van der Waals surface area contributed by atoms with Crippen molar-refractivity contribution in [1.82, 2.24) is 4.98 Å². The molecule has 0 fully saturated rings. The molecule has 1 amide bonds. The quantitative estimate of drug-likeness (QED) is 0.694. The molecule has 4 N–H and O–H groups in total. The van der Waals surface area contributed by atoms with Crippen LogP contribution in [0.25, 0.3) is 0 Å². The van der Waals surface area contributed by atoms with Gasteiger partial charge in [-0.15, -0.1) is 0 Å². The Hall–Kier alpha value is -3.55. The van der Waals surface area contributed by atoms with Crippen molar-refractivity contribution in [3.05, 3.63) is 69.0 Å². The molecule has 8 nitrogen and oxygen atoms in total. The maximum Gasteiger partial charge on any atom is 0.340 e. The lowest BCUT2D eigenvalue weighted by Gasteiger charge is -2.30. The van der Waals surface area contributed by atoms with Crippen LogP contribution in [0.4, 0.5) is 5.69 Å². The summed E-state index contributed by atoms with van der Waals surface area (Å²) in [4.78, 5) is 41.1. The highest BCUT2D eigenvalue weighted by Gasteiger charge is 2.47. The molecule has 2 aromatic rings. The van der Waals surface area contributed by atoms with Gasteiger partial charge in [0, 0.05) is 23.4 Å². The van der Waals surface area contributed by atoms with Crippen molar-refractivity contribution in [2.75, 3.05) is 11.9 Å². The summed E-state index contributed by atoms with van der Waals surface area (Å²) in [5, 5.41) is 2.81. The number of nitrogens with two attached hydrogens (primary N) is 1. The van der Waals surface area contributed by atoms with Crippen LogP contribution in [0.5, 0.6) is 5.75 Å². The SMILES string of the molecule is CCOC(=O)C1=C(N)Oc2cc(C)[nH]c(=O)c2C1C1C(=O)Nc2ccccc21. The number of carbonyl (C=O) groups excluding carboxylic acids is 2. The zero-order valence-electron chi connectivity index (χ0n) is 15.4. The minimum atomic E-state index is -0.934. The molecule has 0 spiro atoms. The number of aromatic nitrogens is 1. The summed E-state index contributed by atoms with van der Waals surface area (Å²) in [6.07, 6.45) is 0. The average molecular weight is 381 g/mol. The summed E-state index contributed by atoms with van der Waals surface area (Å²) < 4.78 is 10.7. The number of ether oxygens (including phenoxy) is 2. The molecule has 28 heavy (non-hydrogen) atoms. The van der Waals surface area contributed by atoms with Crippen LogP contribution in [-0.4, -0.2) is 23.5 Å². The lowest BCUT2D eigenvalue weighted by molar-refractivity contribution is -0.139. The van der Waals surface area contributed by atoms with Crippen LogP contribution in [0.1, 0.15) is 35.6 Å². The predicted molar refractivity (Wildman–Crippen MR) is 101 cm³/mol. The zero-order chi connectivity index (χ0) is 20.0. The van der Waals surface area contributed by atoms with Gasteiger partial charge >= 0.3 is 5.97 Å². The molecule has 0 saturated heterocycles. The number of pyridine rings is 1. The molecule has 0 saturated carbocycles. The van der Waals surface area contributed by atoms with Crippen LogP contribution in [0, 0.1) is 6.92 Å². The zero-order valence-corrected chi connectivity index (χ0v) is 15.4. The highest BCUT2D eigenvalue weighted by Crippen LogP contribution is 2.49. The molecule has 2 aliphatic rings. The Morgan fingerprint density at radius 1 is 1.25 bits per heavy atom. The Balaban J connectivity index is 1.98. The lowest BCUT2D eigenvalue weighted by atomic mass is 9.76. The minimum absolute atomic E-state index is 0.0273. The van der Waals surface area contributed by atoms with Crippen LogP contribution < -0.4 is 21.3 Å². The Morgan fingerprint density at radius 2 is 2.00 bits per heavy atom. The molecule has 144 valence electrons. The first-order chi connectivity index (χ1) is 13.4. The molecule has 0 aliphatic carbocycles. The van der Waals surface area contributed by atoms with Gasteiger partial charge in [0.2, 0.25) is 11.8 Å². The maximum atomic E-state index is 12.9. The second-order valence-electron chi connectivity index (χ2n) is 6.69. The van der Waals surface area contributed by atoms with Crippen molar-refractivity contribution < 1.29 is 19.1 Å². The van der Waals surface area contributed by atoms with Crippen LogP contribution in [-0.2, 0) is 14.3 Å². The minimum Gasteiger partial charge on any atom is -0.462 e. The van der Waals surface area contributed by atoms with Gasteiger partial charge < -0.3 is 25.5 Å². The van der Waals surface area contributed by atoms with Gasteiger partial charge in [-0.3, -0.25) is 9.59 Å². The number of nitrogens with one attached hydrogen (secondary N) is 2. The van der Waals surface area contributed by atoms with Crippen molar-refractivity contribution >= 4 is 17.6 Å². The fourth-order valence-electron chi connectivity index (χ4n) is 3.85. The Labute approximate surface area is 160 Å². The molecule has 1 aromatic carbocycles. The van der Waals surface area contributed by atoms with Crippen LogP contribution >= 0.6 is 0 Å². The highest BCUT2D eigenvalue weighted by molar-refractivity contribution is 6.05. The van der Waals surface area contributed by atoms with Crippen molar-refractivity contribution in [2.45, 2.75) is 25.7 Å². The first-order valence-electron chi connectivity index (χ1n) is 8.90. The molecule has 2 atom stereocenters. The van der Waals surface area contributed by atoms with Crippen molar-refractivity contribution in [2.24, 2.45) is 5.73 Å². The Morgan fingerprint density at radius 3 is 2.75 bits per heavy atom. The van der Waals surface area contributed by atoms with E-state index in [1.54, 1.807) is 44.2 Å². The standard InChI is InChI=1S/C20H19N3O5/c1-3-27-20(26)16-15(13-10-6-4-5-7-11(10)23-18(13)24)14-12(28-17(16)21)8-9(2)22-19(14)25/h4-8,13,15H,3,21H2,1-2H3,(H,22,25)(H,23,24). The number of benzene rings is 1. The number of esters is 1. The van der Waals surface area contributed by atoms with E-state index < -0.39 is 23.4 Å². The first-order valence-corrected chi connectivity index (χ1v) is 8.90. The number of H-pyrrole nitrogens is 1. The van der Waals surface area contributed by atoms with Crippen molar-refractivity contribution in [3.8, 4) is 5.75 Å². The number of rotatable bonds is 3. The van der Waals surface area contributed by atoms with E-state index in [1.807, 2.05) is 0 Å². The first kappa shape index (κ1) is 17.8. The van der Waals surface area contributed by atoms with Gasteiger partial charge in [0.25, 0.3) is 5.56 Å². The summed E-state index contributed by atoms with van der Waals surface area (Å²) in [7, 11) is 0. The van der Waals surface area contributed by atoms with E-state index in [2.05, 4.69) is 10.3 Å². The van der Waals surface area contributed by atoms with E-state index in [9.17, 15) is 14.4 Å². The van der Waals surface area contributed by atoms with E-state index in [4.69, 9.17) is 15.2 Å². The number of carbonyl (C=O) groups is 2. The van der Waals surface area contributed by atoms with Crippen molar-refractivity contribution in [1.29, 1.82) is 0 Å². The molecule has 2 unspecified atom stereocenters. The second-order valence-corrected chi connectivity index (χ2v) is 6.69. The van der Waals surface area contributed by atoms with Gasteiger partial charge in [-0.25, -0.2) is 4.79 Å². The topological polar surface area (TPSA) is 124 Å². The fourth-order valence-corrected chi connectivity index (χ4v) is 3.85. The third kappa shape index (κ3) is 2.65. The smallest absolute Gasteiger partial charge is 0.340 e. The summed E-state index contributed by atoms with van der Waals surface area (Å²) in [5.41, 5.74) is 7.67. The molecular formula is C20H19N3O5. The fraction of sp³-hybridized carbons (Fsp3) is 0.250. The Kier molecular flexibility index (Phi) is 4.18. The summed E-state index contributed by atoms with van der Waals surface area (Å²) in [5.74, 6) is -2.73. The predicted octanol–water partition coefficient (Wildman–Crippen LogP) is 1.63. The van der Waals surface area contributed by atoms with Gasteiger partial charge in [0.1, 0.15) is 11.3 Å². The van der Waals surface area contributed by atoms with Gasteiger partial charge in [0.15, 0.2) is 0 Å². The summed E-state index contributed by atoms with van der Waals surface area (Å²) in [6, 6.07) is 8.77. The van der Waals surface area contributed by atoms with Gasteiger partial charge in [-0.05, 0) is 25.5 Å². The molecule has 4 rings (SSSR count). The average Bonchev–Trinajstić information content (AvgIpc) is 2.95. The van der Waals surface area contributed by atoms with Gasteiger partial charge in [-0.1, -0.05) is 18.2 Å². The van der Waals surface area contributed by atoms with Crippen LogP contribution in [0.15, 0.2) is 46.6 Å². The molecular weight excluding hydrogens is 362 g/mol. The lowest BCUT2D eigenvalue weighted by Crippen LogP contribution is -2.36. The van der Waals surface area contributed by atoms with E-state index in [-0.39, 0.29) is 35.3 Å². The molecule has 2 aliphatic heterocycles. The van der Waals surface area contributed by atoms with Gasteiger partial charge in [-0.2, -0.15) is 0 Å². The normalized spacial score (nSPS) is 20.1. The number of aryl methyl sites for hydroxylation is 1. The highest BCUT2D eigenvalue weighted by atomic mass is 16.5. The maximum absolute atomic E-state index is 12.9. The number of fused-ring (bicyclic) bond motifs is 2. The largest absolute Gasteiger partial charge is 0.462 e. The van der Waals surface area contributed by atoms with Crippen molar-refractivity contribution in [3.63, 3.8) is 0 Å². The molecule has 0 bridgehead atoms. The third-order valence-corrected chi connectivity index (χ3v) is 4.94. The van der Waals surface area contributed by atoms with E-state index >= 15 is 0 Å². The van der Waals surface area contributed by atoms with Crippen LogP contribution in [0.3, 0.4) is 0 Å². The van der Waals surface area contributed by atoms with E-state index in [1.165, 1.54) is 0 Å². The molecule has 8 heteroatoms. The molecule has 3 heterocycles. The number of hydrogen-bond donors (Lipinski definition) is 3. The number of para-hydroxylation sites is 1. The van der Waals surface area contributed by atoms with Crippen LogP contribution in [0.2, 0.25) is 0 Å². The molecule has 1 aromatic heterocycles. The summed E-state index contributed by atoms with van der Waals surface area (Å²) >= 11 is 0. The number of aromatic amines is 1. The van der Waals surface area contributed by atoms with E-state index in [0.717, 1.165) is 0 Å². The second kappa shape index (κ2) is 6.56. The van der Waals surface area contributed by atoms with E-state index in [0.29, 0.717) is 16.9 Å². The Bertz CT molecular complexity index is 1090. The molecule has 0 radical (unpaired) electrons. The number of amides is 1. The number of hydrogen-bond acceptors (Lipinski definition) is 6. The third-order valence-electron chi connectivity index (χ3n) is 4.94.